The van der Waals surface area contributed by atoms with Crippen LogP contribution in [0.15, 0.2) is 59.9 Å². The molecule has 24 heavy (non-hydrogen) atoms. The number of pyridine rings is 3. The molecule has 0 aromatic carbocycles. The molecule has 0 spiro atoms. The fraction of sp³-hybridized carbons (Fsp3) is 0.167. The van der Waals surface area contributed by atoms with Gasteiger partial charge in [0.15, 0.2) is 11.6 Å². The molecule has 1 unspecified atom stereocenters. The number of nitrogens with zero attached hydrogens (tertiary/aromatic N) is 3. The van der Waals surface area contributed by atoms with E-state index in [0.717, 1.165) is 16.7 Å². The standard InChI is InChI=1S/C18H18N4O2/c1-12(14-4-3-6-20-10-14)24-16-8-15(11-21-18(16)19)13-5-7-22(2)17(23)9-13/h3-12H,1-2H3,(H2,19,21). The van der Waals surface area contributed by atoms with Crippen LogP contribution >= 0.6 is 0 Å². The quantitative estimate of drug-likeness (QED) is 0.798. The molecule has 3 aromatic heterocycles. The maximum absolute atomic E-state index is 11.8. The van der Waals surface area contributed by atoms with E-state index in [1.54, 1.807) is 44.0 Å². The molecule has 2 N–H and O–H groups in total. The van der Waals surface area contributed by atoms with E-state index in [0.29, 0.717) is 11.6 Å². The molecule has 0 aliphatic rings. The van der Waals surface area contributed by atoms with Crippen LogP contribution in [0.25, 0.3) is 11.1 Å². The van der Waals surface area contributed by atoms with Gasteiger partial charge in [-0.1, -0.05) is 6.07 Å². The minimum atomic E-state index is -0.221. The molecular weight excluding hydrogens is 304 g/mol. The zero-order valence-electron chi connectivity index (χ0n) is 13.5. The lowest BCUT2D eigenvalue weighted by molar-refractivity contribution is 0.227. The van der Waals surface area contributed by atoms with E-state index < -0.39 is 0 Å². The van der Waals surface area contributed by atoms with Gasteiger partial charge in [-0.05, 0) is 30.7 Å². The lowest BCUT2D eigenvalue weighted by Crippen LogP contribution is -2.14. The number of rotatable bonds is 4. The van der Waals surface area contributed by atoms with Gasteiger partial charge in [-0.2, -0.15) is 0 Å². The molecule has 122 valence electrons. The molecular formula is C18H18N4O2. The van der Waals surface area contributed by atoms with Crippen LogP contribution in [0.3, 0.4) is 0 Å². The minimum Gasteiger partial charge on any atom is -0.482 e. The lowest BCUT2D eigenvalue weighted by atomic mass is 10.1. The van der Waals surface area contributed by atoms with Gasteiger partial charge >= 0.3 is 0 Å². The molecule has 0 saturated heterocycles. The molecule has 1 atom stereocenters. The van der Waals surface area contributed by atoms with Crippen LogP contribution in [0.1, 0.15) is 18.6 Å². The normalized spacial score (nSPS) is 11.9. The topological polar surface area (TPSA) is 83.0 Å². The number of ether oxygens (including phenoxy) is 1. The first-order valence-electron chi connectivity index (χ1n) is 7.54. The summed E-state index contributed by atoms with van der Waals surface area (Å²) in [6.45, 7) is 1.92. The fourth-order valence-corrected chi connectivity index (χ4v) is 2.31. The minimum absolute atomic E-state index is 0.0875. The number of hydrogen-bond donors (Lipinski definition) is 1. The van der Waals surface area contributed by atoms with Crippen molar-refractivity contribution in [3.8, 4) is 16.9 Å². The van der Waals surface area contributed by atoms with E-state index in [1.165, 1.54) is 4.57 Å². The van der Waals surface area contributed by atoms with Gasteiger partial charge in [0.25, 0.3) is 5.56 Å². The molecule has 3 aromatic rings. The molecule has 3 rings (SSSR count). The van der Waals surface area contributed by atoms with Gasteiger partial charge in [0, 0.05) is 49.0 Å². The van der Waals surface area contributed by atoms with Gasteiger partial charge in [-0.25, -0.2) is 4.98 Å². The fourth-order valence-electron chi connectivity index (χ4n) is 2.31. The number of nitrogens with two attached hydrogens (primary N) is 1. The van der Waals surface area contributed by atoms with Crippen molar-refractivity contribution in [3.05, 3.63) is 71.0 Å². The van der Waals surface area contributed by atoms with Crippen LogP contribution in [0.5, 0.6) is 5.75 Å². The van der Waals surface area contributed by atoms with Gasteiger partial charge in [0.2, 0.25) is 0 Å². The molecule has 0 amide bonds. The maximum Gasteiger partial charge on any atom is 0.250 e. The third kappa shape index (κ3) is 3.27. The van der Waals surface area contributed by atoms with E-state index in [1.807, 2.05) is 25.1 Å². The largest absolute Gasteiger partial charge is 0.482 e. The summed E-state index contributed by atoms with van der Waals surface area (Å²) in [6.07, 6.45) is 6.59. The molecule has 0 bridgehead atoms. The van der Waals surface area contributed by atoms with Crippen molar-refractivity contribution in [3.63, 3.8) is 0 Å². The first-order chi connectivity index (χ1) is 11.5. The van der Waals surface area contributed by atoms with Gasteiger partial charge in [-0.3, -0.25) is 9.78 Å². The van der Waals surface area contributed by atoms with Gasteiger partial charge in [0.05, 0.1) is 0 Å². The summed E-state index contributed by atoms with van der Waals surface area (Å²) >= 11 is 0. The second-order valence-corrected chi connectivity index (χ2v) is 5.52. The Morgan fingerprint density at radius 1 is 1.21 bits per heavy atom. The predicted molar refractivity (Wildman–Crippen MR) is 92.6 cm³/mol. The summed E-state index contributed by atoms with van der Waals surface area (Å²) in [5, 5.41) is 0. The second-order valence-electron chi connectivity index (χ2n) is 5.52. The Bertz CT molecular complexity index is 906. The maximum atomic E-state index is 11.8. The summed E-state index contributed by atoms with van der Waals surface area (Å²) in [4.78, 5) is 20.1. The zero-order valence-corrected chi connectivity index (χ0v) is 13.5. The third-order valence-corrected chi connectivity index (χ3v) is 3.78. The summed E-state index contributed by atoms with van der Waals surface area (Å²) in [5.74, 6) is 0.780. The summed E-state index contributed by atoms with van der Waals surface area (Å²) in [6, 6.07) is 8.99. The number of nitrogen functional groups attached to an aromatic ring is 1. The molecule has 0 radical (unpaired) electrons. The highest BCUT2D eigenvalue weighted by molar-refractivity contribution is 5.66. The summed E-state index contributed by atoms with van der Waals surface area (Å²) in [7, 11) is 1.71. The molecule has 6 heteroatoms. The Labute approximate surface area is 139 Å². The first-order valence-corrected chi connectivity index (χ1v) is 7.54. The van der Waals surface area contributed by atoms with Crippen molar-refractivity contribution in [1.29, 1.82) is 0 Å². The Balaban J connectivity index is 1.91. The number of aryl methyl sites for hydroxylation is 1. The second kappa shape index (κ2) is 6.54. The van der Waals surface area contributed by atoms with Gasteiger partial charge < -0.3 is 15.0 Å². The van der Waals surface area contributed by atoms with Gasteiger partial charge in [0.1, 0.15) is 6.10 Å². The van der Waals surface area contributed by atoms with Crippen molar-refractivity contribution >= 4 is 5.82 Å². The average Bonchev–Trinajstić information content (AvgIpc) is 2.60. The lowest BCUT2D eigenvalue weighted by Gasteiger charge is -2.16. The van der Waals surface area contributed by atoms with Crippen molar-refractivity contribution in [2.24, 2.45) is 7.05 Å². The van der Waals surface area contributed by atoms with Gasteiger partial charge in [-0.15, -0.1) is 0 Å². The average molecular weight is 322 g/mol. The third-order valence-electron chi connectivity index (χ3n) is 3.78. The van der Waals surface area contributed by atoms with E-state index >= 15 is 0 Å². The number of hydrogen-bond acceptors (Lipinski definition) is 5. The van der Waals surface area contributed by atoms with Crippen molar-refractivity contribution in [2.75, 3.05) is 5.73 Å². The Morgan fingerprint density at radius 3 is 2.75 bits per heavy atom. The van der Waals surface area contributed by atoms with E-state index in [2.05, 4.69) is 9.97 Å². The highest BCUT2D eigenvalue weighted by Crippen LogP contribution is 2.29. The van der Waals surface area contributed by atoms with Crippen molar-refractivity contribution in [1.82, 2.24) is 14.5 Å². The SMILES string of the molecule is CC(Oc1cc(-c2ccn(C)c(=O)c2)cnc1N)c1cccnc1. The van der Waals surface area contributed by atoms with Crippen LogP contribution in [0, 0.1) is 0 Å². The molecule has 0 aliphatic heterocycles. The highest BCUT2D eigenvalue weighted by atomic mass is 16.5. The summed E-state index contributed by atoms with van der Waals surface area (Å²) in [5.41, 5.74) is 8.32. The zero-order chi connectivity index (χ0) is 17.1. The predicted octanol–water partition coefficient (Wildman–Crippen LogP) is 2.56. The molecule has 0 saturated carbocycles. The first kappa shape index (κ1) is 15.7. The van der Waals surface area contributed by atoms with E-state index in [9.17, 15) is 4.79 Å². The molecule has 0 fully saturated rings. The van der Waals surface area contributed by atoms with E-state index in [-0.39, 0.29) is 11.7 Å². The molecule has 3 heterocycles. The molecule has 6 nitrogen and oxygen atoms in total. The van der Waals surface area contributed by atoms with Crippen LogP contribution in [0.4, 0.5) is 5.82 Å². The Morgan fingerprint density at radius 2 is 2.04 bits per heavy atom. The summed E-state index contributed by atoms with van der Waals surface area (Å²) < 4.78 is 7.45. The van der Waals surface area contributed by atoms with Crippen LogP contribution in [-0.2, 0) is 7.05 Å². The number of anilines is 1. The van der Waals surface area contributed by atoms with Crippen molar-refractivity contribution in [2.45, 2.75) is 13.0 Å². The van der Waals surface area contributed by atoms with Crippen LogP contribution in [0.2, 0.25) is 0 Å². The Hall–Kier alpha value is -3.15. The number of aromatic nitrogens is 3. The molecule has 0 aliphatic carbocycles. The van der Waals surface area contributed by atoms with Crippen LogP contribution < -0.4 is 16.0 Å². The highest BCUT2D eigenvalue weighted by Gasteiger charge is 2.12. The Kier molecular flexibility index (Phi) is 4.29. The van der Waals surface area contributed by atoms with Crippen LogP contribution in [-0.4, -0.2) is 14.5 Å². The smallest absolute Gasteiger partial charge is 0.250 e. The van der Waals surface area contributed by atoms with Crippen molar-refractivity contribution < 1.29 is 4.74 Å². The van der Waals surface area contributed by atoms with E-state index in [4.69, 9.17) is 10.5 Å². The monoisotopic (exact) mass is 322 g/mol.